The average Bonchev–Trinajstić information content (AvgIpc) is 3.02. The predicted molar refractivity (Wildman–Crippen MR) is 130 cm³/mol. The molecule has 0 amide bonds. The maximum Gasteiger partial charge on any atom is 0.331 e. The van der Waals surface area contributed by atoms with Crippen LogP contribution in [0, 0.1) is 11.3 Å². The van der Waals surface area contributed by atoms with Gasteiger partial charge in [0.05, 0.1) is 16.6 Å². The molecule has 1 heterocycles. The minimum atomic E-state index is -1.46. The number of carbonyl (C=O) groups excluding carboxylic acids is 3. The summed E-state index contributed by atoms with van der Waals surface area (Å²) in [6, 6.07) is 9.37. The zero-order chi connectivity index (χ0) is 26.5. The first kappa shape index (κ1) is 26.4. The number of benzene rings is 1. The highest BCUT2D eigenvalue weighted by Gasteiger charge is 2.79. The van der Waals surface area contributed by atoms with Gasteiger partial charge in [-0.25, -0.2) is 4.79 Å². The van der Waals surface area contributed by atoms with Gasteiger partial charge in [0.2, 0.25) is 0 Å². The van der Waals surface area contributed by atoms with Crippen molar-refractivity contribution in [2.75, 3.05) is 0 Å². The third-order valence-electron chi connectivity index (χ3n) is 8.47. The van der Waals surface area contributed by atoms with Crippen LogP contribution in [0.2, 0.25) is 0 Å². The molecule has 3 aliphatic rings. The van der Waals surface area contributed by atoms with Crippen molar-refractivity contribution >= 4 is 24.0 Å². The molecule has 196 valence electrons. The lowest BCUT2D eigenvalue weighted by molar-refractivity contribution is -0.325. The van der Waals surface area contributed by atoms with Crippen molar-refractivity contribution in [2.45, 2.75) is 95.9 Å². The summed E-state index contributed by atoms with van der Waals surface area (Å²) in [4.78, 5) is 37.3. The fraction of sp³-hybridized carbons (Fsp3) is 0.607. The molecule has 4 rings (SSSR count). The van der Waals surface area contributed by atoms with E-state index in [0.717, 1.165) is 5.56 Å². The molecule has 3 fully saturated rings. The molecule has 0 unspecified atom stereocenters. The average molecular weight is 501 g/mol. The number of aliphatic hydroxyl groups is 1. The number of ether oxygens (including phenoxy) is 4. The van der Waals surface area contributed by atoms with E-state index in [4.69, 9.17) is 18.9 Å². The lowest BCUT2D eigenvalue weighted by Gasteiger charge is -2.63. The first-order chi connectivity index (χ1) is 16.7. The highest BCUT2D eigenvalue weighted by atomic mass is 16.6. The molecule has 0 radical (unpaired) electrons. The predicted octanol–water partition coefficient (Wildman–Crippen LogP) is 3.59. The molecule has 2 aliphatic carbocycles. The smallest absolute Gasteiger partial charge is 0.331 e. The van der Waals surface area contributed by atoms with Crippen LogP contribution in [0.3, 0.4) is 0 Å². The second-order valence-electron chi connectivity index (χ2n) is 11.3. The molecule has 1 aromatic rings. The van der Waals surface area contributed by atoms with Gasteiger partial charge in [-0.2, -0.15) is 0 Å². The van der Waals surface area contributed by atoms with Gasteiger partial charge in [-0.05, 0) is 58.1 Å². The van der Waals surface area contributed by atoms with Gasteiger partial charge in [0, 0.05) is 26.3 Å². The van der Waals surface area contributed by atoms with Crippen LogP contribution in [0.15, 0.2) is 36.4 Å². The van der Waals surface area contributed by atoms with Crippen molar-refractivity contribution in [1.29, 1.82) is 0 Å². The van der Waals surface area contributed by atoms with E-state index in [2.05, 4.69) is 0 Å². The van der Waals surface area contributed by atoms with Crippen LogP contribution >= 0.6 is 0 Å². The van der Waals surface area contributed by atoms with Crippen molar-refractivity contribution in [3.63, 3.8) is 0 Å². The van der Waals surface area contributed by atoms with Crippen LogP contribution in [-0.2, 0) is 33.3 Å². The van der Waals surface area contributed by atoms with Crippen LogP contribution in [0.1, 0.15) is 66.4 Å². The molecule has 1 aliphatic heterocycles. The normalized spacial score (nSPS) is 38.8. The first-order valence-electron chi connectivity index (χ1n) is 12.4. The van der Waals surface area contributed by atoms with Crippen molar-refractivity contribution in [2.24, 2.45) is 11.3 Å². The monoisotopic (exact) mass is 500 g/mol. The van der Waals surface area contributed by atoms with Crippen molar-refractivity contribution in [3.8, 4) is 0 Å². The molecule has 0 aromatic heterocycles. The zero-order valence-electron chi connectivity index (χ0n) is 21.8. The van der Waals surface area contributed by atoms with Gasteiger partial charge < -0.3 is 24.1 Å². The molecule has 36 heavy (non-hydrogen) atoms. The Kier molecular flexibility index (Phi) is 6.58. The quantitative estimate of drug-likeness (QED) is 0.371. The Hall–Kier alpha value is -2.71. The summed E-state index contributed by atoms with van der Waals surface area (Å²) in [5.41, 5.74) is -3.66. The summed E-state index contributed by atoms with van der Waals surface area (Å²) < 4.78 is 24.2. The molecular weight excluding hydrogens is 464 g/mol. The molecule has 2 saturated carbocycles. The summed E-state index contributed by atoms with van der Waals surface area (Å²) in [6.07, 6.45) is 1.25. The number of rotatable bonds is 5. The maximum atomic E-state index is 13.0. The largest absolute Gasteiger partial charge is 0.458 e. The number of esters is 3. The Labute approximate surface area is 211 Å². The first-order valence-corrected chi connectivity index (χ1v) is 12.4. The molecule has 7 atom stereocenters. The number of carbonyl (C=O) groups is 3. The van der Waals surface area contributed by atoms with E-state index >= 15 is 0 Å². The minimum Gasteiger partial charge on any atom is -0.458 e. The number of fused-ring (bicyclic) bond motifs is 1. The van der Waals surface area contributed by atoms with E-state index in [9.17, 15) is 19.5 Å². The molecule has 1 spiro atoms. The second kappa shape index (κ2) is 8.99. The van der Waals surface area contributed by atoms with Gasteiger partial charge in [0.1, 0.15) is 17.8 Å². The van der Waals surface area contributed by atoms with Gasteiger partial charge in [-0.3, -0.25) is 9.59 Å². The Morgan fingerprint density at radius 1 is 0.972 bits per heavy atom. The van der Waals surface area contributed by atoms with Crippen molar-refractivity contribution < 1.29 is 38.4 Å². The molecule has 8 nitrogen and oxygen atoms in total. The van der Waals surface area contributed by atoms with Crippen LogP contribution in [-0.4, -0.2) is 58.1 Å². The zero-order valence-corrected chi connectivity index (χ0v) is 21.8. The molecule has 1 aromatic carbocycles. The van der Waals surface area contributed by atoms with E-state index in [-0.39, 0.29) is 12.3 Å². The Morgan fingerprint density at radius 2 is 1.61 bits per heavy atom. The summed E-state index contributed by atoms with van der Waals surface area (Å²) in [6.45, 7) is 9.93. The van der Waals surface area contributed by atoms with Crippen molar-refractivity contribution in [1.82, 2.24) is 0 Å². The van der Waals surface area contributed by atoms with Gasteiger partial charge in [0.15, 0.2) is 6.10 Å². The molecule has 2 bridgehead atoms. The topological polar surface area (TPSA) is 108 Å². The standard InChI is InChI=1S/C28H36O8/c1-17(29)33-21-16-26(5,32)28-15-20(25(3,4)36-28)14-22(27(28,6)24(21)34-18(2)30)35-23(31)13-12-19-10-8-7-9-11-19/h7-13,20-22,24,32H,14-16H2,1-6H3/b13-12+/t20-,21+,22+,24+,26+,27-,28+/m0/s1. The van der Waals surface area contributed by atoms with Crippen LogP contribution in [0.25, 0.3) is 6.08 Å². The lowest BCUT2D eigenvalue weighted by Crippen LogP contribution is -2.77. The fourth-order valence-electron chi connectivity index (χ4n) is 6.77. The lowest BCUT2D eigenvalue weighted by atomic mass is 9.48. The van der Waals surface area contributed by atoms with E-state index in [1.807, 2.05) is 44.2 Å². The minimum absolute atomic E-state index is 0.0114. The Bertz CT molecular complexity index is 1060. The third kappa shape index (κ3) is 4.24. The highest BCUT2D eigenvalue weighted by Crippen LogP contribution is 2.68. The van der Waals surface area contributed by atoms with E-state index in [1.54, 1.807) is 19.9 Å². The molecule has 1 N–H and O–H groups in total. The van der Waals surface area contributed by atoms with E-state index in [0.29, 0.717) is 12.8 Å². The second-order valence-corrected chi connectivity index (χ2v) is 11.3. The van der Waals surface area contributed by atoms with Crippen LogP contribution in [0.5, 0.6) is 0 Å². The Balaban J connectivity index is 1.78. The SMILES string of the molecule is CC(=O)O[C@@H]1[C@H](OC(C)=O)C[C@@](C)(O)[C@]23C[C@H](C[C@@H](OC(=O)/C=C/c4ccccc4)[C@@]12C)C(C)(C)O3. The maximum absolute atomic E-state index is 13.0. The number of hydrogen-bond donors (Lipinski definition) is 1. The van der Waals surface area contributed by atoms with Crippen molar-refractivity contribution in [3.05, 3.63) is 42.0 Å². The third-order valence-corrected chi connectivity index (χ3v) is 8.47. The fourth-order valence-corrected chi connectivity index (χ4v) is 6.77. The van der Waals surface area contributed by atoms with Crippen LogP contribution < -0.4 is 0 Å². The van der Waals surface area contributed by atoms with Gasteiger partial charge >= 0.3 is 17.9 Å². The molecular formula is C28H36O8. The summed E-state index contributed by atoms with van der Waals surface area (Å²) in [5, 5.41) is 11.9. The summed E-state index contributed by atoms with van der Waals surface area (Å²) in [5.74, 6) is -1.71. The summed E-state index contributed by atoms with van der Waals surface area (Å²) >= 11 is 0. The van der Waals surface area contributed by atoms with Gasteiger partial charge in [-0.1, -0.05) is 30.3 Å². The molecule has 8 heteroatoms. The van der Waals surface area contributed by atoms with Gasteiger partial charge in [0.25, 0.3) is 0 Å². The molecule has 1 saturated heterocycles. The highest BCUT2D eigenvalue weighted by molar-refractivity contribution is 5.87. The Morgan fingerprint density at radius 3 is 2.22 bits per heavy atom. The number of hydrogen-bond acceptors (Lipinski definition) is 8. The van der Waals surface area contributed by atoms with Gasteiger partial charge in [-0.15, -0.1) is 0 Å². The van der Waals surface area contributed by atoms with E-state index < -0.39 is 58.4 Å². The summed E-state index contributed by atoms with van der Waals surface area (Å²) in [7, 11) is 0. The van der Waals surface area contributed by atoms with E-state index in [1.165, 1.54) is 19.9 Å². The van der Waals surface area contributed by atoms with Crippen LogP contribution in [0.4, 0.5) is 0 Å².